The van der Waals surface area contributed by atoms with Gasteiger partial charge in [0.05, 0.1) is 6.61 Å². The number of carbonyl (C=O) groups is 1. The minimum Gasteiger partial charge on any atom is -0.381 e. The van der Waals surface area contributed by atoms with Crippen LogP contribution in [0, 0.1) is 11.8 Å². The standard InChI is InChI=1S/C11H19NO2/c1-8-10(4-5-12-8)11(13)9-3-2-6-14-7-9/h8-10,12H,2-7H2,1H3. The Morgan fingerprint density at radius 2 is 2.29 bits per heavy atom. The maximum atomic E-state index is 12.1. The van der Waals surface area contributed by atoms with Crippen LogP contribution < -0.4 is 5.32 Å². The molecule has 3 nitrogen and oxygen atoms in total. The molecule has 2 rings (SSSR count). The van der Waals surface area contributed by atoms with Crippen LogP contribution in [0.25, 0.3) is 0 Å². The summed E-state index contributed by atoms with van der Waals surface area (Å²) in [4.78, 5) is 12.1. The quantitative estimate of drug-likeness (QED) is 0.717. The van der Waals surface area contributed by atoms with Gasteiger partial charge in [-0.15, -0.1) is 0 Å². The molecule has 2 heterocycles. The fourth-order valence-corrected chi connectivity index (χ4v) is 2.52. The summed E-state index contributed by atoms with van der Waals surface area (Å²) in [7, 11) is 0. The number of hydrogen-bond acceptors (Lipinski definition) is 3. The molecule has 0 aromatic heterocycles. The SMILES string of the molecule is CC1NCCC1C(=O)C1CCCOC1. The van der Waals surface area contributed by atoms with Gasteiger partial charge in [0.15, 0.2) is 0 Å². The lowest BCUT2D eigenvalue weighted by atomic mass is 9.85. The number of hydrogen-bond donors (Lipinski definition) is 1. The Bertz CT molecular complexity index is 211. The third kappa shape index (κ3) is 1.98. The van der Waals surface area contributed by atoms with Crippen LogP contribution in [0.15, 0.2) is 0 Å². The normalized spacial score (nSPS) is 38.5. The maximum Gasteiger partial charge on any atom is 0.142 e. The number of ether oxygens (including phenoxy) is 1. The first-order valence-corrected chi connectivity index (χ1v) is 5.64. The fraction of sp³-hybridized carbons (Fsp3) is 0.909. The topological polar surface area (TPSA) is 38.3 Å². The fourth-order valence-electron chi connectivity index (χ4n) is 2.52. The smallest absolute Gasteiger partial charge is 0.142 e. The number of carbonyl (C=O) groups excluding carboxylic acids is 1. The predicted molar refractivity (Wildman–Crippen MR) is 54.1 cm³/mol. The van der Waals surface area contributed by atoms with Gasteiger partial charge in [-0.25, -0.2) is 0 Å². The van der Waals surface area contributed by atoms with Gasteiger partial charge in [-0.1, -0.05) is 0 Å². The summed E-state index contributed by atoms with van der Waals surface area (Å²) >= 11 is 0. The summed E-state index contributed by atoms with van der Waals surface area (Å²) in [5.41, 5.74) is 0. The zero-order valence-corrected chi connectivity index (χ0v) is 8.79. The van der Waals surface area contributed by atoms with Crippen molar-refractivity contribution >= 4 is 5.78 Å². The van der Waals surface area contributed by atoms with Gasteiger partial charge >= 0.3 is 0 Å². The van der Waals surface area contributed by atoms with E-state index in [4.69, 9.17) is 4.74 Å². The molecule has 2 aliphatic rings. The molecule has 14 heavy (non-hydrogen) atoms. The van der Waals surface area contributed by atoms with Crippen molar-refractivity contribution in [3.63, 3.8) is 0 Å². The molecule has 1 N–H and O–H groups in total. The molecule has 80 valence electrons. The van der Waals surface area contributed by atoms with Crippen molar-refractivity contribution in [2.75, 3.05) is 19.8 Å². The largest absolute Gasteiger partial charge is 0.381 e. The van der Waals surface area contributed by atoms with E-state index in [0.717, 1.165) is 32.4 Å². The molecule has 2 aliphatic heterocycles. The van der Waals surface area contributed by atoms with E-state index in [0.29, 0.717) is 18.4 Å². The van der Waals surface area contributed by atoms with Gasteiger partial charge in [0.2, 0.25) is 0 Å². The van der Waals surface area contributed by atoms with Crippen LogP contribution in [-0.4, -0.2) is 31.6 Å². The first kappa shape index (κ1) is 10.1. The third-order valence-electron chi connectivity index (χ3n) is 3.45. The summed E-state index contributed by atoms with van der Waals surface area (Å²) in [6, 6.07) is 0.365. The Morgan fingerprint density at radius 3 is 2.86 bits per heavy atom. The second-order valence-electron chi connectivity index (χ2n) is 4.45. The molecular weight excluding hydrogens is 178 g/mol. The second-order valence-corrected chi connectivity index (χ2v) is 4.45. The monoisotopic (exact) mass is 197 g/mol. The molecule has 0 bridgehead atoms. The Morgan fingerprint density at radius 1 is 1.43 bits per heavy atom. The highest BCUT2D eigenvalue weighted by atomic mass is 16.5. The molecule has 0 saturated carbocycles. The zero-order valence-electron chi connectivity index (χ0n) is 8.79. The van der Waals surface area contributed by atoms with Crippen molar-refractivity contribution in [3.05, 3.63) is 0 Å². The maximum absolute atomic E-state index is 12.1. The van der Waals surface area contributed by atoms with Gasteiger partial charge in [-0.3, -0.25) is 4.79 Å². The van der Waals surface area contributed by atoms with Crippen molar-refractivity contribution in [2.24, 2.45) is 11.8 Å². The molecule has 2 fully saturated rings. The van der Waals surface area contributed by atoms with Gasteiger partial charge in [-0.2, -0.15) is 0 Å². The molecule has 0 aromatic rings. The lowest BCUT2D eigenvalue weighted by molar-refractivity contribution is -0.130. The lowest BCUT2D eigenvalue weighted by Crippen LogP contribution is -2.35. The van der Waals surface area contributed by atoms with Crippen molar-refractivity contribution in [1.82, 2.24) is 5.32 Å². The highest BCUT2D eigenvalue weighted by Gasteiger charge is 2.34. The first-order valence-electron chi connectivity index (χ1n) is 5.64. The van der Waals surface area contributed by atoms with E-state index >= 15 is 0 Å². The Balaban J connectivity index is 1.92. The van der Waals surface area contributed by atoms with Crippen LogP contribution >= 0.6 is 0 Å². The van der Waals surface area contributed by atoms with Crippen molar-refractivity contribution in [3.8, 4) is 0 Å². The third-order valence-corrected chi connectivity index (χ3v) is 3.45. The van der Waals surface area contributed by atoms with Gasteiger partial charge < -0.3 is 10.1 Å². The van der Waals surface area contributed by atoms with E-state index in [1.54, 1.807) is 0 Å². The van der Waals surface area contributed by atoms with Crippen LogP contribution in [0.5, 0.6) is 0 Å². The van der Waals surface area contributed by atoms with E-state index in [-0.39, 0.29) is 11.8 Å². The molecule has 3 heteroatoms. The van der Waals surface area contributed by atoms with Gasteiger partial charge in [0.1, 0.15) is 5.78 Å². The molecule has 0 radical (unpaired) electrons. The molecule has 2 saturated heterocycles. The summed E-state index contributed by atoms with van der Waals surface area (Å²) in [5.74, 6) is 0.847. The summed E-state index contributed by atoms with van der Waals surface area (Å²) in [5, 5.41) is 3.33. The van der Waals surface area contributed by atoms with Crippen LogP contribution in [0.1, 0.15) is 26.2 Å². The Hall–Kier alpha value is -0.410. The predicted octanol–water partition coefficient (Wildman–Crippen LogP) is 0.980. The van der Waals surface area contributed by atoms with Crippen LogP contribution in [0.2, 0.25) is 0 Å². The van der Waals surface area contributed by atoms with Gasteiger partial charge in [0, 0.05) is 24.5 Å². The molecular formula is C11H19NO2. The number of rotatable bonds is 2. The Kier molecular flexibility index (Phi) is 3.19. The molecule has 0 aromatic carbocycles. The lowest BCUT2D eigenvalue weighted by Gasteiger charge is -2.25. The minimum absolute atomic E-state index is 0.177. The van der Waals surface area contributed by atoms with Crippen molar-refractivity contribution in [1.29, 1.82) is 0 Å². The van der Waals surface area contributed by atoms with Gasteiger partial charge in [-0.05, 0) is 32.7 Å². The first-order chi connectivity index (χ1) is 6.79. The number of Topliss-reactive ketones (excluding diaryl/α,β-unsaturated/α-hetero) is 1. The van der Waals surface area contributed by atoms with E-state index in [2.05, 4.69) is 12.2 Å². The van der Waals surface area contributed by atoms with E-state index in [1.807, 2.05) is 0 Å². The average Bonchev–Trinajstić information content (AvgIpc) is 2.65. The number of nitrogens with one attached hydrogen (secondary N) is 1. The van der Waals surface area contributed by atoms with Crippen molar-refractivity contribution in [2.45, 2.75) is 32.2 Å². The molecule has 3 atom stereocenters. The number of ketones is 1. The molecule has 3 unspecified atom stereocenters. The van der Waals surface area contributed by atoms with Crippen molar-refractivity contribution < 1.29 is 9.53 Å². The highest BCUT2D eigenvalue weighted by molar-refractivity contribution is 5.84. The second kappa shape index (κ2) is 4.41. The summed E-state index contributed by atoms with van der Waals surface area (Å²) in [6.45, 7) is 4.59. The van der Waals surface area contributed by atoms with E-state index < -0.39 is 0 Å². The van der Waals surface area contributed by atoms with Crippen LogP contribution in [-0.2, 0) is 9.53 Å². The summed E-state index contributed by atoms with van der Waals surface area (Å²) in [6.07, 6.45) is 3.09. The summed E-state index contributed by atoms with van der Waals surface area (Å²) < 4.78 is 5.36. The molecule has 0 amide bonds. The average molecular weight is 197 g/mol. The minimum atomic E-state index is 0.177. The molecule has 0 spiro atoms. The highest BCUT2D eigenvalue weighted by Crippen LogP contribution is 2.24. The Labute approximate surface area is 85.2 Å². The zero-order chi connectivity index (χ0) is 9.97. The van der Waals surface area contributed by atoms with Gasteiger partial charge in [0.25, 0.3) is 0 Å². The van der Waals surface area contributed by atoms with E-state index in [1.165, 1.54) is 0 Å². The molecule has 0 aliphatic carbocycles. The van der Waals surface area contributed by atoms with Crippen LogP contribution in [0.4, 0.5) is 0 Å². The van der Waals surface area contributed by atoms with E-state index in [9.17, 15) is 4.79 Å². The van der Waals surface area contributed by atoms with Crippen LogP contribution in [0.3, 0.4) is 0 Å².